The third-order valence-electron chi connectivity index (χ3n) is 5.10. The molecule has 4 rings (SSSR count). The lowest BCUT2D eigenvalue weighted by Crippen LogP contribution is -2.54. The number of nitrogens with zero attached hydrogens (tertiary/aromatic N) is 3. The smallest absolute Gasteiger partial charge is 0.335 e. The first-order valence-corrected chi connectivity index (χ1v) is 9.66. The third-order valence-corrected chi connectivity index (χ3v) is 5.10. The Balaban J connectivity index is 1.79. The zero-order chi connectivity index (χ0) is 22.0. The van der Waals surface area contributed by atoms with Crippen LogP contribution in [0.15, 0.2) is 54.1 Å². The number of urea groups is 1. The molecule has 0 radical (unpaired) electrons. The molecule has 0 aromatic heterocycles. The molecule has 2 saturated heterocycles. The van der Waals surface area contributed by atoms with Gasteiger partial charge in [-0.1, -0.05) is 18.2 Å². The lowest BCUT2D eigenvalue weighted by Gasteiger charge is -2.31. The summed E-state index contributed by atoms with van der Waals surface area (Å²) in [6, 6.07) is 11.7. The maximum Gasteiger partial charge on any atom is 0.335 e. The van der Waals surface area contributed by atoms with Gasteiger partial charge >= 0.3 is 6.03 Å². The van der Waals surface area contributed by atoms with Crippen LogP contribution in [0.5, 0.6) is 0 Å². The fourth-order valence-corrected chi connectivity index (χ4v) is 3.59. The van der Waals surface area contributed by atoms with Crippen LogP contribution in [-0.4, -0.2) is 48.9 Å². The summed E-state index contributed by atoms with van der Waals surface area (Å²) in [4.78, 5) is 51.6. The molecule has 10 nitrogen and oxygen atoms in total. The number of nitrogens with one attached hydrogen (secondary N) is 2. The molecule has 2 aromatic carbocycles. The van der Waals surface area contributed by atoms with Crippen LogP contribution in [0.4, 0.5) is 21.9 Å². The minimum atomic E-state index is -0.847. The van der Waals surface area contributed by atoms with Crippen molar-refractivity contribution >= 4 is 41.0 Å². The molecule has 2 aliphatic heterocycles. The molecule has 0 saturated carbocycles. The largest absolute Gasteiger partial charge is 0.368 e. The van der Waals surface area contributed by atoms with Crippen molar-refractivity contribution in [3.63, 3.8) is 0 Å². The van der Waals surface area contributed by atoms with Crippen LogP contribution in [0.2, 0.25) is 0 Å². The highest BCUT2D eigenvalue weighted by Crippen LogP contribution is 2.29. The zero-order valence-electron chi connectivity index (χ0n) is 16.4. The van der Waals surface area contributed by atoms with Gasteiger partial charge in [0.1, 0.15) is 5.57 Å². The lowest BCUT2D eigenvalue weighted by atomic mass is 10.0. The van der Waals surface area contributed by atoms with Crippen LogP contribution >= 0.6 is 0 Å². The van der Waals surface area contributed by atoms with Crippen LogP contribution in [0.25, 0.3) is 6.08 Å². The van der Waals surface area contributed by atoms with E-state index >= 15 is 0 Å². The summed E-state index contributed by atoms with van der Waals surface area (Å²) >= 11 is 0. The van der Waals surface area contributed by atoms with E-state index in [1.165, 1.54) is 18.2 Å². The Morgan fingerprint density at radius 1 is 1.00 bits per heavy atom. The van der Waals surface area contributed by atoms with Crippen molar-refractivity contribution in [2.45, 2.75) is 0 Å². The molecule has 158 valence electrons. The van der Waals surface area contributed by atoms with Gasteiger partial charge in [-0.3, -0.25) is 25.0 Å². The van der Waals surface area contributed by atoms with Gasteiger partial charge in [-0.2, -0.15) is 0 Å². The molecule has 0 atom stereocenters. The molecule has 0 bridgehead atoms. The van der Waals surface area contributed by atoms with E-state index in [1.54, 1.807) is 36.4 Å². The van der Waals surface area contributed by atoms with Gasteiger partial charge in [-0.25, -0.2) is 9.69 Å². The van der Waals surface area contributed by atoms with Gasteiger partial charge in [0.2, 0.25) is 0 Å². The minimum Gasteiger partial charge on any atom is -0.368 e. The van der Waals surface area contributed by atoms with Crippen molar-refractivity contribution in [1.82, 2.24) is 10.6 Å². The number of anilines is 2. The summed E-state index contributed by atoms with van der Waals surface area (Å²) in [6.45, 7) is 2.82. The molecular weight excluding hydrogens is 402 g/mol. The number of nitro groups is 1. The van der Waals surface area contributed by atoms with Crippen LogP contribution in [0, 0.1) is 10.1 Å². The Labute approximate surface area is 177 Å². The average Bonchev–Trinajstić information content (AvgIpc) is 2.77. The Morgan fingerprint density at radius 3 is 2.39 bits per heavy atom. The number of imide groups is 2. The Bertz CT molecular complexity index is 1090. The van der Waals surface area contributed by atoms with Gasteiger partial charge in [0.15, 0.2) is 0 Å². The van der Waals surface area contributed by atoms with Gasteiger partial charge < -0.3 is 10.2 Å². The van der Waals surface area contributed by atoms with E-state index in [-0.39, 0.29) is 11.3 Å². The maximum absolute atomic E-state index is 13.1. The van der Waals surface area contributed by atoms with Gasteiger partial charge in [-0.15, -0.1) is 0 Å². The van der Waals surface area contributed by atoms with E-state index in [9.17, 15) is 24.5 Å². The van der Waals surface area contributed by atoms with Gasteiger partial charge in [0.05, 0.1) is 10.6 Å². The number of nitro benzene ring substituents is 1. The van der Waals surface area contributed by atoms with Crippen molar-refractivity contribution < 1.29 is 19.3 Å². The molecular formula is C21H19N5O5. The normalized spacial score (nSPS) is 18.3. The Kier molecular flexibility index (Phi) is 5.46. The minimum absolute atomic E-state index is 0.162. The summed E-state index contributed by atoms with van der Waals surface area (Å²) in [5.74, 6) is -1.64. The number of hydrogen-bond acceptors (Lipinski definition) is 7. The molecule has 0 unspecified atom stereocenters. The van der Waals surface area contributed by atoms with Crippen molar-refractivity contribution in [3.05, 3.63) is 69.8 Å². The lowest BCUT2D eigenvalue weighted by molar-refractivity contribution is -0.384. The van der Waals surface area contributed by atoms with E-state index in [0.717, 1.165) is 18.0 Å². The predicted molar refractivity (Wildman–Crippen MR) is 114 cm³/mol. The van der Waals surface area contributed by atoms with E-state index in [1.807, 2.05) is 4.90 Å². The quantitative estimate of drug-likeness (QED) is 0.333. The summed E-state index contributed by atoms with van der Waals surface area (Å²) < 4.78 is 0. The molecule has 2 N–H and O–H groups in total. The fraction of sp³-hybridized carbons (Fsp3) is 0.190. The second kappa shape index (κ2) is 8.36. The van der Waals surface area contributed by atoms with Gasteiger partial charge in [-0.05, 0) is 24.3 Å². The topological polar surface area (TPSA) is 125 Å². The highest BCUT2D eigenvalue weighted by Gasteiger charge is 2.37. The number of piperazine rings is 1. The Morgan fingerprint density at radius 2 is 1.71 bits per heavy atom. The molecule has 10 heteroatoms. The first kappa shape index (κ1) is 20.2. The number of amides is 4. The van der Waals surface area contributed by atoms with Crippen molar-refractivity contribution in [2.75, 3.05) is 36.0 Å². The second-order valence-electron chi connectivity index (χ2n) is 7.03. The fourth-order valence-electron chi connectivity index (χ4n) is 3.59. The number of hydrogen-bond donors (Lipinski definition) is 2. The number of benzene rings is 2. The van der Waals surface area contributed by atoms with Crippen LogP contribution < -0.4 is 20.4 Å². The number of para-hydroxylation sites is 1. The Hall–Kier alpha value is -4.05. The average molecular weight is 421 g/mol. The SMILES string of the molecule is O=C1NC(=O)N(c2ccccc2)C(=O)/C1=C\c1cc([N+](=O)[O-])ccc1N1CCNCC1. The van der Waals surface area contributed by atoms with Gasteiger partial charge in [0.25, 0.3) is 17.5 Å². The first-order valence-electron chi connectivity index (χ1n) is 9.66. The summed E-state index contributed by atoms with van der Waals surface area (Å²) in [6.07, 6.45) is 1.31. The molecule has 2 aromatic rings. The maximum atomic E-state index is 13.1. The van der Waals surface area contributed by atoms with Crippen molar-refractivity contribution in [1.29, 1.82) is 0 Å². The monoisotopic (exact) mass is 421 g/mol. The van der Waals surface area contributed by atoms with Crippen molar-refractivity contribution in [2.24, 2.45) is 0 Å². The van der Waals surface area contributed by atoms with E-state index in [2.05, 4.69) is 10.6 Å². The summed E-state index contributed by atoms with van der Waals surface area (Å²) in [5.41, 5.74) is 0.899. The van der Waals surface area contributed by atoms with Crippen LogP contribution in [-0.2, 0) is 9.59 Å². The first-order chi connectivity index (χ1) is 15.0. The number of barbiturate groups is 1. The number of carbonyl (C=O) groups excluding carboxylic acids is 3. The third kappa shape index (κ3) is 4.01. The number of carbonyl (C=O) groups is 3. The van der Waals surface area contributed by atoms with E-state index in [0.29, 0.717) is 30.0 Å². The van der Waals surface area contributed by atoms with E-state index < -0.39 is 22.8 Å². The molecule has 2 fully saturated rings. The van der Waals surface area contributed by atoms with E-state index in [4.69, 9.17) is 0 Å². The molecule has 2 heterocycles. The molecule has 4 amide bonds. The summed E-state index contributed by atoms with van der Waals surface area (Å²) in [5, 5.41) is 16.7. The number of non-ortho nitro benzene ring substituents is 1. The molecule has 0 aliphatic carbocycles. The highest BCUT2D eigenvalue weighted by atomic mass is 16.6. The molecule has 31 heavy (non-hydrogen) atoms. The van der Waals surface area contributed by atoms with Crippen LogP contribution in [0.3, 0.4) is 0 Å². The standard InChI is InChI=1S/C21H19N5O5/c27-19-17(20(28)25(21(29)23-19)15-4-2-1-3-5-15)13-14-12-16(26(30)31)6-7-18(14)24-10-8-22-9-11-24/h1-7,12-13,22H,8-11H2,(H,23,27,29)/b17-13-. The van der Waals surface area contributed by atoms with Gasteiger partial charge in [0, 0.05) is 49.6 Å². The predicted octanol–water partition coefficient (Wildman–Crippen LogP) is 1.67. The van der Waals surface area contributed by atoms with Crippen LogP contribution in [0.1, 0.15) is 5.56 Å². The summed E-state index contributed by atoms with van der Waals surface area (Å²) in [7, 11) is 0. The zero-order valence-corrected chi connectivity index (χ0v) is 16.4. The highest BCUT2D eigenvalue weighted by molar-refractivity contribution is 6.39. The van der Waals surface area contributed by atoms with Crippen molar-refractivity contribution in [3.8, 4) is 0 Å². The second-order valence-corrected chi connectivity index (χ2v) is 7.03. The molecule has 2 aliphatic rings. The number of rotatable bonds is 4. The molecule has 0 spiro atoms.